The summed E-state index contributed by atoms with van der Waals surface area (Å²) in [5, 5.41) is 2.87. The van der Waals surface area contributed by atoms with Crippen LogP contribution in [0.2, 0.25) is 0 Å². The molecule has 23 heavy (non-hydrogen) atoms. The third-order valence-corrected chi connectivity index (χ3v) is 4.04. The molecule has 0 aliphatic carbocycles. The second kappa shape index (κ2) is 7.87. The molecule has 0 heterocycles. The summed E-state index contributed by atoms with van der Waals surface area (Å²) in [5.41, 5.74) is 1.37. The first-order chi connectivity index (χ1) is 11.1. The lowest BCUT2D eigenvalue weighted by Gasteiger charge is -2.16. The first kappa shape index (κ1) is 17.1. The van der Waals surface area contributed by atoms with Gasteiger partial charge in [-0.15, -0.1) is 0 Å². The fourth-order valence-electron chi connectivity index (χ4n) is 2.22. The Hall–Kier alpha value is -2.21. The molecule has 6 heteroatoms. The minimum absolute atomic E-state index is 0.172. The molecule has 2 aromatic carbocycles. The molecule has 0 saturated carbocycles. The SMILES string of the molecule is COc1ccc(CNC(=O)c2ccccc2Br)c(OC)c1OC. The van der Waals surface area contributed by atoms with Gasteiger partial charge >= 0.3 is 0 Å². The van der Waals surface area contributed by atoms with Crippen molar-refractivity contribution in [3.8, 4) is 17.2 Å². The van der Waals surface area contributed by atoms with Gasteiger partial charge in [-0.05, 0) is 40.2 Å². The Morgan fingerprint density at radius 2 is 1.70 bits per heavy atom. The lowest BCUT2D eigenvalue weighted by atomic mass is 10.1. The van der Waals surface area contributed by atoms with Crippen LogP contribution in [-0.2, 0) is 6.54 Å². The van der Waals surface area contributed by atoms with Crippen molar-refractivity contribution in [1.29, 1.82) is 0 Å². The van der Waals surface area contributed by atoms with E-state index < -0.39 is 0 Å². The van der Waals surface area contributed by atoms with E-state index in [0.29, 0.717) is 29.4 Å². The lowest BCUT2D eigenvalue weighted by Crippen LogP contribution is -2.23. The van der Waals surface area contributed by atoms with Crippen LogP contribution in [0.25, 0.3) is 0 Å². The minimum atomic E-state index is -0.172. The zero-order chi connectivity index (χ0) is 16.8. The fraction of sp³-hybridized carbons (Fsp3) is 0.235. The number of benzene rings is 2. The third-order valence-electron chi connectivity index (χ3n) is 3.34. The molecule has 0 radical (unpaired) electrons. The van der Waals surface area contributed by atoms with Crippen molar-refractivity contribution in [3.63, 3.8) is 0 Å². The predicted octanol–water partition coefficient (Wildman–Crippen LogP) is 3.40. The van der Waals surface area contributed by atoms with Gasteiger partial charge in [-0.25, -0.2) is 0 Å². The highest BCUT2D eigenvalue weighted by molar-refractivity contribution is 9.10. The highest BCUT2D eigenvalue weighted by Crippen LogP contribution is 2.39. The molecule has 0 atom stereocenters. The van der Waals surface area contributed by atoms with Crippen LogP contribution in [0.15, 0.2) is 40.9 Å². The molecule has 122 valence electrons. The fourth-order valence-corrected chi connectivity index (χ4v) is 2.68. The summed E-state index contributed by atoms with van der Waals surface area (Å²) in [6.07, 6.45) is 0. The zero-order valence-corrected chi connectivity index (χ0v) is 14.8. The van der Waals surface area contributed by atoms with Gasteiger partial charge in [-0.2, -0.15) is 0 Å². The summed E-state index contributed by atoms with van der Waals surface area (Å²) in [5.74, 6) is 1.45. The molecule has 0 spiro atoms. The van der Waals surface area contributed by atoms with Gasteiger partial charge in [0.05, 0.1) is 26.9 Å². The van der Waals surface area contributed by atoms with Gasteiger partial charge < -0.3 is 19.5 Å². The average molecular weight is 380 g/mol. The molecule has 0 aromatic heterocycles. The Labute approximate surface area is 143 Å². The second-order valence-electron chi connectivity index (χ2n) is 4.66. The molecular formula is C17H18BrNO4. The largest absolute Gasteiger partial charge is 0.493 e. The topological polar surface area (TPSA) is 56.8 Å². The van der Waals surface area contributed by atoms with E-state index in [4.69, 9.17) is 14.2 Å². The van der Waals surface area contributed by atoms with Gasteiger partial charge in [0.15, 0.2) is 11.5 Å². The summed E-state index contributed by atoms with van der Waals surface area (Å²) in [6.45, 7) is 0.309. The van der Waals surface area contributed by atoms with Crippen molar-refractivity contribution in [1.82, 2.24) is 5.32 Å². The molecule has 0 bridgehead atoms. The Morgan fingerprint density at radius 1 is 1.00 bits per heavy atom. The predicted molar refractivity (Wildman–Crippen MR) is 91.4 cm³/mol. The first-order valence-electron chi connectivity index (χ1n) is 6.93. The normalized spacial score (nSPS) is 10.1. The van der Waals surface area contributed by atoms with Gasteiger partial charge in [0.2, 0.25) is 5.75 Å². The summed E-state index contributed by atoms with van der Waals surface area (Å²) < 4.78 is 16.7. The van der Waals surface area contributed by atoms with Crippen LogP contribution in [-0.4, -0.2) is 27.2 Å². The monoisotopic (exact) mass is 379 g/mol. The molecule has 1 amide bonds. The smallest absolute Gasteiger partial charge is 0.252 e. The average Bonchev–Trinajstić information content (AvgIpc) is 2.58. The number of hydrogen-bond donors (Lipinski definition) is 1. The van der Waals surface area contributed by atoms with Gasteiger partial charge in [-0.3, -0.25) is 4.79 Å². The van der Waals surface area contributed by atoms with Crippen LogP contribution in [0.4, 0.5) is 0 Å². The molecule has 0 aliphatic heterocycles. The number of methoxy groups -OCH3 is 3. The highest BCUT2D eigenvalue weighted by Gasteiger charge is 2.17. The van der Waals surface area contributed by atoms with Gasteiger partial charge in [-0.1, -0.05) is 12.1 Å². The Morgan fingerprint density at radius 3 is 2.30 bits per heavy atom. The quantitative estimate of drug-likeness (QED) is 0.835. The molecular weight excluding hydrogens is 362 g/mol. The highest BCUT2D eigenvalue weighted by atomic mass is 79.9. The summed E-state index contributed by atoms with van der Waals surface area (Å²) in [4.78, 5) is 12.3. The number of amides is 1. The van der Waals surface area contributed by atoms with E-state index >= 15 is 0 Å². The molecule has 0 saturated heterocycles. The zero-order valence-electron chi connectivity index (χ0n) is 13.2. The van der Waals surface area contributed by atoms with Gasteiger partial charge in [0.25, 0.3) is 5.91 Å². The number of carbonyl (C=O) groups excluding carboxylic acids is 1. The van der Waals surface area contributed by atoms with Gasteiger partial charge in [0.1, 0.15) is 0 Å². The summed E-state index contributed by atoms with van der Waals surface area (Å²) >= 11 is 3.37. The number of halogens is 1. The Kier molecular flexibility index (Phi) is 5.87. The number of carbonyl (C=O) groups is 1. The molecule has 0 unspecified atom stereocenters. The maximum Gasteiger partial charge on any atom is 0.252 e. The van der Waals surface area contributed by atoms with Crippen LogP contribution in [0.3, 0.4) is 0 Å². The molecule has 0 fully saturated rings. The molecule has 2 rings (SSSR count). The standard InChI is InChI=1S/C17H18BrNO4/c1-21-14-9-8-11(15(22-2)16(14)23-3)10-19-17(20)12-6-4-5-7-13(12)18/h4-9H,10H2,1-3H3,(H,19,20). The maximum absolute atomic E-state index is 12.3. The lowest BCUT2D eigenvalue weighted by molar-refractivity contribution is 0.0950. The molecule has 5 nitrogen and oxygen atoms in total. The van der Waals surface area contributed by atoms with E-state index in [-0.39, 0.29) is 5.91 Å². The van der Waals surface area contributed by atoms with Crippen LogP contribution >= 0.6 is 15.9 Å². The van der Waals surface area contributed by atoms with E-state index in [1.165, 1.54) is 0 Å². The molecule has 1 N–H and O–H groups in total. The van der Waals surface area contributed by atoms with Gasteiger partial charge in [0, 0.05) is 16.6 Å². The number of hydrogen-bond acceptors (Lipinski definition) is 4. The van der Waals surface area contributed by atoms with E-state index in [2.05, 4.69) is 21.2 Å². The summed E-state index contributed by atoms with van der Waals surface area (Å²) in [6, 6.07) is 10.9. The molecule has 0 aliphatic rings. The second-order valence-corrected chi connectivity index (χ2v) is 5.51. The van der Waals surface area contributed by atoms with E-state index in [1.54, 1.807) is 33.5 Å². The maximum atomic E-state index is 12.3. The number of rotatable bonds is 6. The Balaban J connectivity index is 2.21. The van der Waals surface area contributed by atoms with Crippen molar-refractivity contribution < 1.29 is 19.0 Å². The molecule has 2 aromatic rings. The number of ether oxygens (including phenoxy) is 3. The van der Waals surface area contributed by atoms with Crippen molar-refractivity contribution in [2.45, 2.75) is 6.54 Å². The van der Waals surface area contributed by atoms with Crippen LogP contribution in [0.5, 0.6) is 17.2 Å². The van der Waals surface area contributed by atoms with Crippen LogP contribution < -0.4 is 19.5 Å². The Bertz CT molecular complexity index is 703. The van der Waals surface area contributed by atoms with E-state index in [0.717, 1.165) is 10.0 Å². The van der Waals surface area contributed by atoms with Crippen LogP contribution in [0.1, 0.15) is 15.9 Å². The van der Waals surface area contributed by atoms with Crippen molar-refractivity contribution in [3.05, 3.63) is 52.0 Å². The first-order valence-corrected chi connectivity index (χ1v) is 7.72. The number of nitrogens with one attached hydrogen (secondary N) is 1. The third kappa shape index (κ3) is 3.76. The van der Waals surface area contributed by atoms with Crippen LogP contribution in [0, 0.1) is 0 Å². The van der Waals surface area contributed by atoms with Crippen molar-refractivity contribution in [2.24, 2.45) is 0 Å². The van der Waals surface area contributed by atoms with Crippen molar-refractivity contribution in [2.75, 3.05) is 21.3 Å². The summed E-state index contributed by atoms with van der Waals surface area (Å²) in [7, 11) is 4.66. The van der Waals surface area contributed by atoms with E-state index in [1.807, 2.05) is 24.3 Å². The minimum Gasteiger partial charge on any atom is -0.493 e. The van der Waals surface area contributed by atoms with E-state index in [9.17, 15) is 4.79 Å². The van der Waals surface area contributed by atoms with Crippen molar-refractivity contribution >= 4 is 21.8 Å².